The highest BCUT2D eigenvalue weighted by molar-refractivity contribution is 5.87. The van der Waals surface area contributed by atoms with Gasteiger partial charge in [0, 0.05) is 24.1 Å². The van der Waals surface area contributed by atoms with Crippen LogP contribution < -0.4 is 15.1 Å². The molecule has 2 N–H and O–H groups in total. The number of rotatable bonds is 7. The molecule has 0 bridgehead atoms. The summed E-state index contributed by atoms with van der Waals surface area (Å²) in [6.45, 7) is 9.42. The number of aryl methyl sites for hydroxylation is 1. The minimum atomic E-state index is -0.216. The molecule has 0 saturated carbocycles. The van der Waals surface area contributed by atoms with E-state index in [4.69, 9.17) is 4.74 Å². The molecule has 1 fully saturated rings. The highest BCUT2D eigenvalue weighted by Crippen LogP contribution is 2.27. The first kappa shape index (κ1) is 21.1. The van der Waals surface area contributed by atoms with E-state index in [1.54, 1.807) is 4.90 Å². The molecule has 1 heterocycles. The van der Waals surface area contributed by atoms with Crippen LogP contribution in [0.2, 0.25) is 0 Å². The molecule has 0 spiro atoms. The zero-order chi connectivity index (χ0) is 20.6. The number of hydrogen-bond donors (Lipinski definition) is 2. The Hall–Kier alpha value is -2.66. The number of carbonyl (C=O) groups excluding carboxylic acids is 1. The van der Waals surface area contributed by atoms with E-state index in [-0.39, 0.29) is 12.5 Å². The fourth-order valence-corrected chi connectivity index (χ4v) is 3.63. The van der Waals surface area contributed by atoms with Crippen LogP contribution in [0.3, 0.4) is 0 Å². The van der Waals surface area contributed by atoms with Gasteiger partial charge in [0.1, 0.15) is 12.3 Å². The fourth-order valence-electron chi connectivity index (χ4n) is 3.63. The molecule has 1 aliphatic heterocycles. The van der Waals surface area contributed by atoms with E-state index in [1.165, 1.54) is 11.1 Å². The van der Waals surface area contributed by atoms with Crippen LogP contribution in [0.1, 0.15) is 49.3 Å². The van der Waals surface area contributed by atoms with E-state index < -0.39 is 0 Å². The molecular formula is C24H32N3O2+. The molecule has 154 valence electrons. The second-order valence-corrected chi connectivity index (χ2v) is 8.11. The molecule has 29 heavy (non-hydrogen) atoms. The van der Waals surface area contributed by atoms with E-state index in [1.807, 2.05) is 12.1 Å². The van der Waals surface area contributed by atoms with Crippen molar-refractivity contribution >= 4 is 11.6 Å². The Morgan fingerprint density at radius 2 is 1.86 bits per heavy atom. The van der Waals surface area contributed by atoms with Crippen molar-refractivity contribution in [1.82, 2.24) is 5.43 Å². The number of quaternary nitrogens is 1. The van der Waals surface area contributed by atoms with Crippen LogP contribution in [0.4, 0.5) is 0 Å². The SMILES string of the molecule is Cc1ccc(OCC(=O)NN=C2CC[NH+](Cc3ccccc3)CC2)c(C(C)C)c1. The first-order valence-corrected chi connectivity index (χ1v) is 10.5. The van der Waals surface area contributed by atoms with E-state index >= 15 is 0 Å². The number of hydrogen-bond acceptors (Lipinski definition) is 3. The molecule has 2 aromatic carbocycles. The molecular weight excluding hydrogens is 362 g/mol. The lowest BCUT2D eigenvalue weighted by atomic mass is 10.00. The van der Waals surface area contributed by atoms with E-state index in [2.05, 4.69) is 67.7 Å². The maximum absolute atomic E-state index is 12.2. The van der Waals surface area contributed by atoms with Gasteiger partial charge in [0.15, 0.2) is 6.61 Å². The molecule has 1 amide bonds. The Kier molecular flexibility index (Phi) is 7.42. The van der Waals surface area contributed by atoms with Crippen LogP contribution in [-0.4, -0.2) is 31.3 Å². The fraction of sp³-hybridized carbons (Fsp3) is 0.417. The van der Waals surface area contributed by atoms with Gasteiger partial charge in [-0.1, -0.05) is 61.9 Å². The van der Waals surface area contributed by atoms with Crippen LogP contribution in [-0.2, 0) is 11.3 Å². The van der Waals surface area contributed by atoms with Gasteiger partial charge < -0.3 is 9.64 Å². The summed E-state index contributed by atoms with van der Waals surface area (Å²) < 4.78 is 5.75. The second kappa shape index (κ2) is 10.2. The molecule has 0 atom stereocenters. The molecule has 0 unspecified atom stereocenters. The lowest BCUT2D eigenvalue weighted by molar-refractivity contribution is -0.914. The van der Waals surface area contributed by atoms with Crippen LogP contribution in [0.15, 0.2) is 53.6 Å². The van der Waals surface area contributed by atoms with Crippen molar-refractivity contribution in [2.24, 2.45) is 5.10 Å². The first-order chi connectivity index (χ1) is 14.0. The molecule has 0 aromatic heterocycles. The lowest BCUT2D eigenvalue weighted by Gasteiger charge is -2.24. The van der Waals surface area contributed by atoms with Crippen molar-refractivity contribution in [3.63, 3.8) is 0 Å². The number of ether oxygens (including phenoxy) is 1. The Balaban J connectivity index is 1.43. The number of piperidine rings is 1. The van der Waals surface area contributed by atoms with Gasteiger partial charge in [0.25, 0.3) is 5.91 Å². The number of benzene rings is 2. The highest BCUT2D eigenvalue weighted by atomic mass is 16.5. The number of likely N-dealkylation sites (tertiary alicyclic amines) is 1. The molecule has 5 nitrogen and oxygen atoms in total. The Morgan fingerprint density at radius 3 is 2.55 bits per heavy atom. The van der Waals surface area contributed by atoms with Crippen LogP contribution in [0.5, 0.6) is 5.75 Å². The van der Waals surface area contributed by atoms with Gasteiger partial charge in [0.2, 0.25) is 0 Å². The number of hydrazone groups is 1. The molecule has 5 heteroatoms. The van der Waals surface area contributed by atoms with E-state index in [0.29, 0.717) is 5.92 Å². The Labute approximate surface area is 173 Å². The number of carbonyl (C=O) groups is 1. The van der Waals surface area contributed by atoms with Gasteiger partial charge in [-0.3, -0.25) is 4.79 Å². The van der Waals surface area contributed by atoms with Gasteiger partial charge in [-0.15, -0.1) is 0 Å². The van der Waals surface area contributed by atoms with Gasteiger partial charge in [-0.2, -0.15) is 5.10 Å². The zero-order valence-corrected chi connectivity index (χ0v) is 17.7. The monoisotopic (exact) mass is 394 g/mol. The third-order valence-corrected chi connectivity index (χ3v) is 5.32. The zero-order valence-electron chi connectivity index (χ0n) is 17.7. The average molecular weight is 395 g/mol. The van der Waals surface area contributed by atoms with Crippen LogP contribution >= 0.6 is 0 Å². The van der Waals surface area contributed by atoms with Crippen molar-refractivity contribution in [3.05, 3.63) is 65.2 Å². The predicted octanol–water partition coefficient (Wildman–Crippen LogP) is 2.85. The summed E-state index contributed by atoms with van der Waals surface area (Å²) in [6.07, 6.45) is 1.83. The molecule has 0 aliphatic carbocycles. The summed E-state index contributed by atoms with van der Waals surface area (Å²) in [5, 5.41) is 4.33. The van der Waals surface area contributed by atoms with Gasteiger partial charge in [0.05, 0.1) is 13.1 Å². The minimum absolute atomic E-state index is 0.0229. The van der Waals surface area contributed by atoms with Crippen molar-refractivity contribution in [2.75, 3.05) is 19.7 Å². The summed E-state index contributed by atoms with van der Waals surface area (Å²) in [7, 11) is 0. The Bertz CT molecular complexity index is 836. The van der Waals surface area contributed by atoms with Gasteiger partial charge in [-0.05, 0) is 24.5 Å². The second-order valence-electron chi connectivity index (χ2n) is 8.11. The maximum atomic E-state index is 12.2. The summed E-state index contributed by atoms with van der Waals surface area (Å²) in [4.78, 5) is 13.7. The molecule has 1 aliphatic rings. The summed E-state index contributed by atoms with van der Waals surface area (Å²) >= 11 is 0. The van der Waals surface area contributed by atoms with Crippen molar-refractivity contribution in [1.29, 1.82) is 0 Å². The van der Waals surface area contributed by atoms with Crippen molar-refractivity contribution in [3.8, 4) is 5.75 Å². The van der Waals surface area contributed by atoms with Crippen LogP contribution in [0.25, 0.3) is 0 Å². The van der Waals surface area contributed by atoms with E-state index in [0.717, 1.165) is 49.5 Å². The summed E-state index contributed by atoms with van der Waals surface area (Å²) in [6, 6.07) is 16.6. The average Bonchev–Trinajstić information content (AvgIpc) is 2.73. The minimum Gasteiger partial charge on any atom is -0.483 e. The van der Waals surface area contributed by atoms with Crippen LogP contribution in [0, 0.1) is 6.92 Å². The quantitative estimate of drug-likeness (QED) is 0.710. The van der Waals surface area contributed by atoms with Crippen molar-refractivity contribution < 1.29 is 14.4 Å². The van der Waals surface area contributed by atoms with Gasteiger partial charge >= 0.3 is 0 Å². The Morgan fingerprint density at radius 1 is 1.14 bits per heavy atom. The molecule has 2 aromatic rings. The summed E-state index contributed by atoms with van der Waals surface area (Å²) in [5.41, 5.74) is 7.41. The largest absolute Gasteiger partial charge is 0.483 e. The molecule has 0 radical (unpaired) electrons. The number of nitrogens with zero attached hydrogens (tertiary/aromatic N) is 1. The maximum Gasteiger partial charge on any atom is 0.277 e. The standard InChI is InChI=1S/C24H31N3O2/c1-18(2)22-15-19(3)9-10-23(22)29-17-24(28)26-25-21-11-13-27(14-12-21)16-20-7-5-4-6-8-20/h4-10,15,18H,11-14,16-17H2,1-3H3,(H,26,28)/p+1. The molecule has 1 saturated heterocycles. The topological polar surface area (TPSA) is 55.1 Å². The highest BCUT2D eigenvalue weighted by Gasteiger charge is 2.19. The van der Waals surface area contributed by atoms with Crippen molar-refractivity contribution in [2.45, 2.75) is 46.1 Å². The normalized spacial score (nSPS) is 16.6. The molecule has 3 rings (SSSR count). The smallest absolute Gasteiger partial charge is 0.277 e. The number of nitrogens with one attached hydrogen (secondary N) is 2. The first-order valence-electron chi connectivity index (χ1n) is 10.5. The number of amides is 1. The van der Waals surface area contributed by atoms with Gasteiger partial charge in [-0.25, -0.2) is 5.43 Å². The summed E-state index contributed by atoms with van der Waals surface area (Å²) in [5.74, 6) is 0.898. The lowest BCUT2D eigenvalue weighted by Crippen LogP contribution is -3.11. The third-order valence-electron chi connectivity index (χ3n) is 5.32. The predicted molar refractivity (Wildman–Crippen MR) is 116 cm³/mol. The third kappa shape index (κ3) is 6.43. The van der Waals surface area contributed by atoms with E-state index in [9.17, 15) is 4.79 Å².